The van der Waals surface area contributed by atoms with Crippen molar-refractivity contribution in [2.24, 2.45) is 0 Å². The van der Waals surface area contributed by atoms with Crippen molar-refractivity contribution in [2.45, 2.75) is 25.8 Å². The Hall–Kier alpha value is -3.80. The molecule has 4 aromatic rings. The van der Waals surface area contributed by atoms with Crippen LogP contribution in [0.1, 0.15) is 47.5 Å². The molecular weight excluding hydrogens is 392 g/mol. The summed E-state index contributed by atoms with van der Waals surface area (Å²) < 4.78 is 11.0. The van der Waals surface area contributed by atoms with Gasteiger partial charge in [-0.2, -0.15) is 0 Å². The zero-order chi connectivity index (χ0) is 21.6. The second-order valence-corrected chi connectivity index (χ2v) is 7.24. The average molecular weight is 416 g/mol. The lowest BCUT2D eigenvalue weighted by Crippen LogP contribution is -2.13. The third-order valence-corrected chi connectivity index (χ3v) is 5.06. The lowest BCUT2D eigenvalue weighted by molar-refractivity contribution is 0.0500. The largest absolute Gasteiger partial charge is 0.505 e. The van der Waals surface area contributed by atoms with Crippen LogP contribution >= 0.6 is 0 Å². The molecule has 2 aromatic heterocycles. The molecule has 6 nitrogen and oxygen atoms in total. The Morgan fingerprint density at radius 3 is 2.87 bits per heavy atom. The molecule has 2 aromatic carbocycles. The Morgan fingerprint density at radius 1 is 1.16 bits per heavy atom. The number of pyridine rings is 1. The molecule has 0 amide bonds. The van der Waals surface area contributed by atoms with Gasteiger partial charge in [-0.05, 0) is 42.8 Å². The molecule has 0 aliphatic rings. The van der Waals surface area contributed by atoms with Crippen molar-refractivity contribution < 1.29 is 19.1 Å². The standard InChI is InChI=1S/C25H24N2O4/c1-2-3-14-31-25(29)18-7-4-9-19(16-18)27-23(21-10-6-15-30-21)20-12-11-17-8-5-13-26-22(17)24(20)28/h4-13,15-16,23,27-28H,2-3,14H2,1H3. The van der Waals surface area contributed by atoms with Gasteiger partial charge in [0, 0.05) is 22.8 Å². The van der Waals surface area contributed by atoms with Gasteiger partial charge >= 0.3 is 5.97 Å². The molecule has 0 aliphatic carbocycles. The minimum Gasteiger partial charge on any atom is -0.505 e. The average Bonchev–Trinajstić information content (AvgIpc) is 3.33. The summed E-state index contributed by atoms with van der Waals surface area (Å²) in [5.74, 6) is 0.355. The highest BCUT2D eigenvalue weighted by atomic mass is 16.5. The van der Waals surface area contributed by atoms with Crippen LogP contribution in [-0.2, 0) is 4.74 Å². The molecule has 0 aliphatic heterocycles. The topological polar surface area (TPSA) is 84.6 Å². The fourth-order valence-electron chi connectivity index (χ4n) is 3.43. The van der Waals surface area contributed by atoms with Gasteiger partial charge < -0.3 is 19.6 Å². The first-order chi connectivity index (χ1) is 15.2. The quantitative estimate of drug-likeness (QED) is 0.283. The van der Waals surface area contributed by atoms with Crippen LogP contribution in [0.15, 0.2) is 77.5 Å². The number of esters is 1. The maximum atomic E-state index is 12.3. The van der Waals surface area contributed by atoms with E-state index in [1.54, 1.807) is 36.7 Å². The molecule has 31 heavy (non-hydrogen) atoms. The number of nitrogens with one attached hydrogen (secondary N) is 1. The number of carbonyl (C=O) groups is 1. The summed E-state index contributed by atoms with van der Waals surface area (Å²) in [6, 6.07) is 17.7. The van der Waals surface area contributed by atoms with Gasteiger partial charge in [-0.3, -0.25) is 4.98 Å². The highest BCUT2D eigenvalue weighted by Gasteiger charge is 2.22. The number of phenolic OH excluding ortho intramolecular Hbond substituents is 1. The smallest absolute Gasteiger partial charge is 0.338 e. The molecule has 0 fully saturated rings. The number of hydrogen-bond acceptors (Lipinski definition) is 6. The van der Waals surface area contributed by atoms with E-state index < -0.39 is 6.04 Å². The number of phenols is 1. The molecule has 1 atom stereocenters. The summed E-state index contributed by atoms with van der Waals surface area (Å²) in [7, 11) is 0. The van der Waals surface area contributed by atoms with E-state index in [0.717, 1.165) is 18.2 Å². The molecule has 158 valence electrons. The molecule has 6 heteroatoms. The van der Waals surface area contributed by atoms with Gasteiger partial charge in [0.1, 0.15) is 23.1 Å². The first-order valence-electron chi connectivity index (χ1n) is 10.3. The summed E-state index contributed by atoms with van der Waals surface area (Å²) in [5, 5.41) is 15.2. The van der Waals surface area contributed by atoms with Crippen molar-refractivity contribution in [3.8, 4) is 5.75 Å². The number of nitrogens with zero attached hydrogens (tertiary/aromatic N) is 1. The van der Waals surface area contributed by atoms with Gasteiger partial charge in [0.25, 0.3) is 0 Å². The number of ether oxygens (including phenoxy) is 1. The monoisotopic (exact) mass is 416 g/mol. The molecule has 0 radical (unpaired) electrons. The van der Waals surface area contributed by atoms with Crippen molar-refractivity contribution in [3.05, 3.63) is 90.0 Å². The van der Waals surface area contributed by atoms with Crippen LogP contribution in [0.25, 0.3) is 10.9 Å². The van der Waals surface area contributed by atoms with Crippen LogP contribution in [0.2, 0.25) is 0 Å². The molecule has 0 bridgehead atoms. The maximum Gasteiger partial charge on any atom is 0.338 e. The molecule has 4 rings (SSSR count). The highest BCUT2D eigenvalue weighted by Crippen LogP contribution is 2.36. The van der Waals surface area contributed by atoms with E-state index in [2.05, 4.69) is 10.3 Å². The Bertz CT molecular complexity index is 1170. The molecular formula is C25H24N2O4. The van der Waals surface area contributed by atoms with Gasteiger partial charge in [0.05, 0.1) is 18.4 Å². The number of carbonyl (C=O) groups excluding carboxylic acids is 1. The van der Waals surface area contributed by atoms with E-state index in [1.165, 1.54) is 0 Å². The fourth-order valence-corrected chi connectivity index (χ4v) is 3.43. The molecule has 0 saturated carbocycles. The molecule has 0 saturated heterocycles. The number of benzene rings is 2. The number of rotatable bonds is 8. The van der Waals surface area contributed by atoms with Gasteiger partial charge in [-0.15, -0.1) is 0 Å². The van der Waals surface area contributed by atoms with Crippen LogP contribution in [0.4, 0.5) is 5.69 Å². The minimum atomic E-state index is -0.479. The van der Waals surface area contributed by atoms with Crippen LogP contribution in [0.5, 0.6) is 5.75 Å². The van der Waals surface area contributed by atoms with E-state index >= 15 is 0 Å². The predicted molar refractivity (Wildman–Crippen MR) is 119 cm³/mol. The summed E-state index contributed by atoms with van der Waals surface area (Å²) in [5.41, 5.74) is 2.30. The van der Waals surface area contributed by atoms with E-state index in [1.807, 2.05) is 43.3 Å². The van der Waals surface area contributed by atoms with Crippen molar-refractivity contribution in [1.82, 2.24) is 4.98 Å². The predicted octanol–water partition coefficient (Wildman–Crippen LogP) is 5.69. The van der Waals surface area contributed by atoms with Crippen molar-refractivity contribution in [3.63, 3.8) is 0 Å². The summed E-state index contributed by atoms with van der Waals surface area (Å²) in [6.07, 6.45) is 5.03. The highest BCUT2D eigenvalue weighted by molar-refractivity contribution is 5.90. The Labute approximate surface area is 180 Å². The van der Waals surface area contributed by atoms with E-state index in [9.17, 15) is 9.90 Å². The van der Waals surface area contributed by atoms with Gasteiger partial charge in [0.15, 0.2) is 0 Å². The summed E-state index contributed by atoms with van der Waals surface area (Å²) >= 11 is 0. The van der Waals surface area contributed by atoms with E-state index in [0.29, 0.717) is 34.7 Å². The molecule has 1 unspecified atom stereocenters. The number of aromatic hydroxyl groups is 1. The van der Waals surface area contributed by atoms with E-state index in [4.69, 9.17) is 9.15 Å². The second kappa shape index (κ2) is 9.34. The third kappa shape index (κ3) is 4.53. The normalized spacial score (nSPS) is 11.9. The lowest BCUT2D eigenvalue weighted by Gasteiger charge is -2.20. The number of aromatic nitrogens is 1. The maximum absolute atomic E-state index is 12.3. The van der Waals surface area contributed by atoms with Gasteiger partial charge in [-0.1, -0.05) is 37.6 Å². The summed E-state index contributed by atoms with van der Waals surface area (Å²) in [4.78, 5) is 16.7. The van der Waals surface area contributed by atoms with Crippen LogP contribution < -0.4 is 5.32 Å². The zero-order valence-electron chi connectivity index (χ0n) is 17.2. The minimum absolute atomic E-state index is 0.0853. The van der Waals surface area contributed by atoms with Gasteiger partial charge in [-0.25, -0.2) is 4.79 Å². The van der Waals surface area contributed by atoms with E-state index in [-0.39, 0.29) is 11.7 Å². The lowest BCUT2D eigenvalue weighted by atomic mass is 10.00. The molecule has 0 spiro atoms. The van der Waals surface area contributed by atoms with Gasteiger partial charge in [0.2, 0.25) is 0 Å². The molecule has 2 N–H and O–H groups in total. The van der Waals surface area contributed by atoms with Crippen molar-refractivity contribution in [1.29, 1.82) is 0 Å². The first kappa shape index (κ1) is 20.5. The van der Waals surface area contributed by atoms with Crippen LogP contribution in [0, 0.1) is 0 Å². The molecule has 2 heterocycles. The Balaban J connectivity index is 1.66. The Morgan fingerprint density at radius 2 is 2.06 bits per heavy atom. The number of fused-ring (bicyclic) bond motifs is 1. The number of hydrogen-bond donors (Lipinski definition) is 2. The summed E-state index contributed by atoms with van der Waals surface area (Å²) in [6.45, 7) is 2.45. The zero-order valence-corrected chi connectivity index (χ0v) is 17.2. The Kier molecular flexibility index (Phi) is 6.17. The second-order valence-electron chi connectivity index (χ2n) is 7.24. The van der Waals surface area contributed by atoms with Crippen LogP contribution in [0.3, 0.4) is 0 Å². The number of unbranched alkanes of at least 4 members (excludes halogenated alkanes) is 1. The third-order valence-electron chi connectivity index (χ3n) is 5.06. The number of anilines is 1. The van der Waals surface area contributed by atoms with Crippen molar-refractivity contribution in [2.75, 3.05) is 11.9 Å². The number of furan rings is 1. The first-order valence-corrected chi connectivity index (χ1v) is 10.3. The van der Waals surface area contributed by atoms with Crippen molar-refractivity contribution >= 4 is 22.6 Å². The van der Waals surface area contributed by atoms with Crippen LogP contribution in [-0.4, -0.2) is 22.7 Å². The SMILES string of the molecule is CCCCOC(=O)c1cccc(NC(c2ccco2)c2ccc3cccnc3c2O)c1. The fraction of sp³-hybridized carbons (Fsp3) is 0.200.